The molecule has 0 unspecified atom stereocenters. The first-order valence-corrected chi connectivity index (χ1v) is 13.9. The lowest BCUT2D eigenvalue weighted by Crippen LogP contribution is -2.43. The fraction of sp³-hybridized carbons (Fsp3) is 0.212. The highest BCUT2D eigenvalue weighted by molar-refractivity contribution is 5.72. The van der Waals surface area contributed by atoms with Crippen molar-refractivity contribution >= 4 is 5.82 Å². The van der Waals surface area contributed by atoms with Gasteiger partial charge in [0.25, 0.3) is 0 Å². The summed E-state index contributed by atoms with van der Waals surface area (Å²) in [5, 5.41) is 13.2. The van der Waals surface area contributed by atoms with E-state index in [1.165, 1.54) is 5.56 Å². The Morgan fingerprint density at radius 2 is 1.59 bits per heavy atom. The highest BCUT2D eigenvalue weighted by atomic mass is 16.3. The van der Waals surface area contributed by atoms with Gasteiger partial charge in [0.1, 0.15) is 17.3 Å². The van der Waals surface area contributed by atoms with E-state index in [4.69, 9.17) is 9.97 Å². The topological polar surface area (TPSA) is 90.3 Å². The Balaban J connectivity index is 1.26. The molecule has 1 fully saturated rings. The van der Waals surface area contributed by atoms with Gasteiger partial charge in [0.2, 0.25) is 0 Å². The largest absolute Gasteiger partial charge is 0.508 e. The van der Waals surface area contributed by atoms with E-state index in [1.54, 1.807) is 18.3 Å². The number of hydrogen-bond acceptors (Lipinski definition) is 8. The van der Waals surface area contributed by atoms with E-state index < -0.39 is 0 Å². The van der Waals surface area contributed by atoms with Crippen LogP contribution in [0.15, 0.2) is 97.5 Å². The van der Waals surface area contributed by atoms with Crippen molar-refractivity contribution in [3.63, 3.8) is 0 Å². The maximum absolute atomic E-state index is 9.84. The highest BCUT2D eigenvalue weighted by Crippen LogP contribution is 2.28. The average Bonchev–Trinajstić information content (AvgIpc) is 3.02. The van der Waals surface area contributed by atoms with Crippen LogP contribution in [0.1, 0.15) is 11.1 Å². The third-order valence-corrected chi connectivity index (χ3v) is 7.33. The van der Waals surface area contributed by atoms with E-state index in [-0.39, 0.29) is 5.75 Å². The lowest BCUT2D eigenvalue weighted by atomic mass is 10.0. The van der Waals surface area contributed by atoms with Crippen LogP contribution in [-0.4, -0.2) is 68.1 Å². The number of anilines is 1. The van der Waals surface area contributed by atoms with E-state index in [0.29, 0.717) is 23.9 Å². The number of aromatic nitrogens is 4. The van der Waals surface area contributed by atoms with Crippen LogP contribution in [0.3, 0.4) is 0 Å². The number of likely N-dealkylation sites (N-methyl/N-ethyl adjacent to an activating group) is 1. The third-order valence-electron chi connectivity index (χ3n) is 7.33. The van der Waals surface area contributed by atoms with Crippen molar-refractivity contribution < 1.29 is 5.11 Å². The molecule has 1 saturated heterocycles. The summed E-state index contributed by atoms with van der Waals surface area (Å²) in [7, 11) is 2.18. The van der Waals surface area contributed by atoms with Gasteiger partial charge in [-0.2, -0.15) is 0 Å². The minimum atomic E-state index is 0.233. The number of phenols is 1. The molecule has 0 atom stereocenters. The fourth-order valence-corrected chi connectivity index (χ4v) is 4.96. The van der Waals surface area contributed by atoms with Gasteiger partial charge in [-0.05, 0) is 54.1 Å². The molecular weight excluding hydrogens is 510 g/mol. The van der Waals surface area contributed by atoms with Crippen molar-refractivity contribution in [2.45, 2.75) is 13.1 Å². The van der Waals surface area contributed by atoms with Crippen molar-refractivity contribution in [3.05, 3.63) is 109 Å². The van der Waals surface area contributed by atoms with Crippen LogP contribution in [0.4, 0.5) is 5.82 Å². The van der Waals surface area contributed by atoms with Crippen LogP contribution < -0.4 is 5.32 Å². The molecule has 0 saturated carbocycles. The number of phenolic OH excluding ortho intramolecular Hbond substituents is 1. The van der Waals surface area contributed by atoms with Crippen LogP contribution in [-0.2, 0) is 13.1 Å². The molecular formula is C33H33N7O. The van der Waals surface area contributed by atoms with Crippen LogP contribution in [0.5, 0.6) is 5.75 Å². The van der Waals surface area contributed by atoms with Crippen molar-refractivity contribution in [1.82, 2.24) is 29.7 Å². The second kappa shape index (κ2) is 12.2. The summed E-state index contributed by atoms with van der Waals surface area (Å²) in [6, 6.07) is 25.7. The van der Waals surface area contributed by atoms with Crippen molar-refractivity contribution in [2.75, 3.05) is 38.5 Å². The average molecular weight is 544 g/mol. The van der Waals surface area contributed by atoms with Gasteiger partial charge >= 0.3 is 0 Å². The summed E-state index contributed by atoms with van der Waals surface area (Å²) in [5.74, 6) is 1.43. The molecule has 2 aromatic carbocycles. The molecule has 0 bridgehead atoms. The summed E-state index contributed by atoms with van der Waals surface area (Å²) in [4.78, 5) is 23.5. The summed E-state index contributed by atoms with van der Waals surface area (Å²) < 4.78 is 0. The molecule has 8 heteroatoms. The number of benzene rings is 2. The lowest BCUT2D eigenvalue weighted by molar-refractivity contribution is 0.148. The maximum atomic E-state index is 9.84. The smallest absolute Gasteiger partial charge is 0.180 e. The Hall–Kier alpha value is -4.66. The molecule has 206 valence electrons. The predicted molar refractivity (Wildman–Crippen MR) is 162 cm³/mol. The highest BCUT2D eigenvalue weighted by Gasteiger charge is 2.14. The van der Waals surface area contributed by atoms with Gasteiger partial charge < -0.3 is 15.3 Å². The van der Waals surface area contributed by atoms with E-state index in [9.17, 15) is 5.11 Å². The van der Waals surface area contributed by atoms with E-state index in [1.807, 2.05) is 48.8 Å². The van der Waals surface area contributed by atoms with Gasteiger partial charge in [-0.15, -0.1) is 0 Å². The predicted octanol–water partition coefficient (Wildman–Crippen LogP) is 5.33. The van der Waals surface area contributed by atoms with Crippen LogP contribution >= 0.6 is 0 Å². The van der Waals surface area contributed by atoms with Gasteiger partial charge in [-0.3, -0.25) is 14.9 Å². The number of piperazine rings is 1. The van der Waals surface area contributed by atoms with Gasteiger partial charge in [0.15, 0.2) is 5.82 Å². The molecule has 0 spiro atoms. The molecule has 1 aliphatic heterocycles. The molecule has 5 aromatic rings. The zero-order valence-electron chi connectivity index (χ0n) is 23.1. The SMILES string of the molecule is CN1CCN(Cc2ccc(-c3cncc(-c4cc(NCc5cccc(O)c5)nc(-c5ccccn5)n4)c3)cc2)CC1. The van der Waals surface area contributed by atoms with Gasteiger partial charge in [0, 0.05) is 75.1 Å². The molecule has 3 aromatic heterocycles. The van der Waals surface area contributed by atoms with Crippen molar-refractivity contribution in [3.8, 4) is 39.7 Å². The van der Waals surface area contributed by atoms with Crippen molar-refractivity contribution in [1.29, 1.82) is 0 Å². The second-order valence-corrected chi connectivity index (χ2v) is 10.4. The monoisotopic (exact) mass is 543 g/mol. The zero-order valence-corrected chi connectivity index (χ0v) is 23.1. The Labute approximate surface area is 240 Å². The standard InChI is InChI=1S/C33H33N7O/c1-39-13-15-40(16-14-39)23-24-8-10-26(11-9-24)27-18-28(22-34-21-27)31-19-32(36-20-25-5-4-6-29(41)17-25)38-33(37-31)30-7-2-3-12-35-30/h2-12,17-19,21-22,41H,13-16,20,23H2,1H3,(H,36,37,38). The molecule has 4 heterocycles. The van der Waals surface area contributed by atoms with Crippen molar-refractivity contribution in [2.24, 2.45) is 0 Å². The minimum absolute atomic E-state index is 0.233. The Morgan fingerprint density at radius 1 is 0.756 bits per heavy atom. The molecule has 6 rings (SSSR count). The summed E-state index contributed by atoms with van der Waals surface area (Å²) in [6.07, 6.45) is 5.45. The van der Waals surface area contributed by atoms with E-state index in [0.717, 1.165) is 60.7 Å². The zero-order chi connectivity index (χ0) is 28.0. The van der Waals surface area contributed by atoms with Crippen LogP contribution in [0, 0.1) is 0 Å². The quantitative estimate of drug-likeness (QED) is 0.271. The molecule has 1 aliphatic rings. The van der Waals surface area contributed by atoms with Crippen LogP contribution in [0.2, 0.25) is 0 Å². The number of pyridine rings is 2. The van der Waals surface area contributed by atoms with E-state index >= 15 is 0 Å². The number of rotatable bonds is 8. The molecule has 0 aliphatic carbocycles. The van der Waals surface area contributed by atoms with Crippen LogP contribution in [0.25, 0.3) is 33.9 Å². The van der Waals surface area contributed by atoms with Gasteiger partial charge in [-0.1, -0.05) is 42.5 Å². The molecule has 0 amide bonds. The summed E-state index contributed by atoms with van der Waals surface area (Å²) in [5.41, 5.74) is 6.74. The number of nitrogens with zero attached hydrogens (tertiary/aromatic N) is 6. The summed E-state index contributed by atoms with van der Waals surface area (Å²) in [6.45, 7) is 5.93. The molecule has 2 N–H and O–H groups in total. The first-order chi connectivity index (χ1) is 20.1. The minimum Gasteiger partial charge on any atom is -0.508 e. The Kier molecular flexibility index (Phi) is 7.93. The Morgan fingerprint density at radius 3 is 2.37 bits per heavy atom. The number of aromatic hydroxyl groups is 1. The number of nitrogens with one attached hydrogen (secondary N) is 1. The first-order valence-electron chi connectivity index (χ1n) is 13.9. The third kappa shape index (κ3) is 6.74. The number of hydrogen-bond donors (Lipinski definition) is 2. The second-order valence-electron chi connectivity index (χ2n) is 10.4. The molecule has 8 nitrogen and oxygen atoms in total. The first kappa shape index (κ1) is 26.6. The fourth-order valence-electron chi connectivity index (χ4n) is 4.96. The van der Waals surface area contributed by atoms with Gasteiger partial charge in [0.05, 0.1) is 5.69 Å². The van der Waals surface area contributed by atoms with E-state index in [2.05, 4.69) is 62.5 Å². The Bertz CT molecular complexity index is 1600. The summed E-state index contributed by atoms with van der Waals surface area (Å²) >= 11 is 0. The molecule has 41 heavy (non-hydrogen) atoms. The lowest BCUT2D eigenvalue weighted by Gasteiger charge is -2.32. The van der Waals surface area contributed by atoms with Gasteiger partial charge in [-0.25, -0.2) is 9.97 Å². The maximum Gasteiger partial charge on any atom is 0.180 e. The molecule has 0 radical (unpaired) electrons. The normalized spacial score (nSPS) is 14.2.